The van der Waals surface area contributed by atoms with Crippen LogP contribution >= 0.6 is 0 Å². The Hall–Kier alpha value is -1.42. The molecular formula is C15H22FNO2. The number of amides is 1. The number of rotatable bonds is 6. The summed E-state index contributed by atoms with van der Waals surface area (Å²) in [5.41, 5.74) is 1.60. The van der Waals surface area contributed by atoms with Crippen molar-refractivity contribution in [2.45, 2.75) is 27.2 Å². The van der Waals surface area contributed by atoms with E-state index in [9.17, 15) is 9.18 Å². The predicted molar refractivity (Wildman–Crippen MR) is 73.3 cm³/mol. The molecule has 3 nitrogen and oxygen atoms in total. The number of halogens is 1. The second kappa shape index (κ2) is 7.24. The van der Waals surface area contributed by atoms with Gasteiger partial charge in [0.05, 0.1) is 12.5 Å². The number of aliphatic hydroxyl groups excluding tert-OH is 1. The number of hydrogen-bond donors (Lipinski definition) is 2. The van der Waals surface area contributed by atoms with E-state index < -0.39 is 0 Å². The van der Waals surface area contributed by atoms with Gasteiger partial charge in [-0.25, -0.2) is 4.39 Å². The molecule has 1 amide bonds. The summed E-state index contributed by atoms with van der Waals surface area (Å²) >= 11 is 0. The highest BCUT2D eigenvalue weighted by Gasteiger charge is 2.20. The molecule has 1 unspecified atom stereocenters. The smallest absolute Gasteiger partial charge is 0.225 e. The Bertz CT molecular complexity index is 432. The van der Waals surface area contributed by atoms with Gasteiger partial charge in [0, 0.05) is 6.54 Å². The van der Waals surface area contributed by atoms with Crippen molar-refractivity contribution < 1.29 is 14.3 Å². The zero-order chi connectivity index (χ0) is 14.4. The van der Waals surface area contributed by atoms with Gasteiger partial charge in [0.1, 0.15) is 5.82 Å². The monoisotopic (exact) mass is 267 g/mol. The second-order valence-corrected chi connectivity index (χ2v) is 5.16. The van der Waals surface area contributed by atoms with Crippen LogP contribution in [0.5, 0.6) is 0 Å². The third kappa shape index (κ3) is 4.63. The minimum absolute atomic E-state index is 0.109. The first-order valence-corrected chi connectivity index (χ1v) is 6.59. The zero-order valence-corrected chi connectivity index (χ0v) is 11.7. The van der Waals surface area contributed by atoms with Gasteiger partial charge in [0.15, 0.2) is 0 Å². The normalized spacial score (nSPS) is 12.5. The fourth-order valence-corrected chi connectivity index (χ4v) is 1.92. The van der Waals surface area contributed by atoms with E-state index in [0.29, 0.717) is 18.5 Å². The van der Waals surface area contributed by atoms with Crippen LogP contribution < -0.4 is 5.32 Å². The first kappa shape index (κ1) is 15.6. The summed E-state index contributed by atoms with van der Waals surface area (Å²) in [6, 6.07) is 4.95. The van der Waals surface area contributed by atoms with Crippen molar-refractivity contribution in [3.63, 3.8) is 0 Å². The lowest BCUT2D eigenvalue weighted by Crippen LogP contribution is -2.36. The summed E-state index contributed by atoms with van der Waals surface area (Å²) in [4.78, 5) is 11.8. The van der Waals surface area contributed by atoms with Gasteiger partial charge in [-0.1, -0.05) is 26.0 Å². The molecule has 4 heteroatoms. The minimum atomic E-state index is -0.366. The Balaban J connectivity index is 2.45. The minimum Gasteiger partial charge on any atom is -0.396 e. The molecule has 2 N–H and O–H groups in total. The molecule has 0 radical (unpaired) electrons. The summed E-state index contributed by atoms with van der Waals surface area (Å²) in [7, 11) is 0. The van der Waals surface area contributed by atoms with Crippen molar-refractivity contribution in [3.8, 4) is 0 Å². The van der Waals surface area contributed by atoms with Crippen LogP contribution in [0.25, 0.3) is 0 Å². The molecule has 106 valence electrons. The van der Waals surface area contributed by atoms with E-state index in [2.05, 4.69) is 5.32 Å². The average Bonchev–Trinajstić information content (AvgIpc) is 2.34. The van der Waals surface area contributed by atoms with Gasteiger partial charge in [-0.2, -0.15) is 0 Å². The van der Waals surface area contributed by atoms with Crippen molar-refractivity contribution >= 4 is 5.91 Å². The van der Waals surface area contributed by atoms with E-state index in [1.807, 2.05) is 13.8 Å². The van der Waals surface area contributed by atoms with Gasteiger partial charge in [-0.15, -0.1) is 0 Å². The fraction of sp³-hybridized carbons (Fsp3) is 0.533. The molecule has 0 aromatic heterocycles. The van der Waals surface area contributed by atoms with Crippen LogP contribution in [-0.2, 0) is 11.2 Å². The molecule has 1 rings (SSSR count). The van der Waals surface area contributed by atoms with E-state index in [1.54, 1.807) is 19.1 Å². The van der Waals surface area contributed by atoms with Crippen molar-refractivity contribution in [3.05, 3.63) is 35.1 Å². The number of hydrogen-bond acceptors (Lipinski definition) is 2. The summed E-state index contributed by atoms with van der Waals surface area (Å²) in [5.74, 6) is -0.600. The van der Waals surface area contributed by atoms with Crippen LogP contribution in [0.1, 0.15) is 25.0 Å². The Morgan fingerprint density at radius 2 is 2.11 bits per heavy atom. The van der Waals surface area contributed by atoms with Crippen LogP contribution in [0.3, 0.4) is 0 Å². The van der Waals surface area contributed by atoms with Crippen LogP contribution in [0.2, 0.25) is 0 Å². The van der Waals surface area contributed by atoms with Gasteiger partial charge in [0.25, 0.3) is 0 Å². The number of aryl methyl sites for hydroxylation is 1. The highest BCUT2D eigenvalue weighted by molar-refractivity contribution is 5.78. The molecule has 0 bridgehead atoms. The summed E-state index contributed by atoms with van der Waals surface area (Å²) in [5, 5.41) is 12.0. The number of carbonyl (C=O) groups excluding carboxylic acids is 1. The zero-order valence-electron chi connectivity index (χ0n) is 11.7. The fourth-order valence-electron chi connectivity index (χ4n) is 1.92. The first-order chi connectivity index (χ1) is 8.95. The van der Waals surface area contributed by atoms with E-state index >= 15 is 0 Å². The molecule has 0 fully saturated rings. The number of carbonyl (C=O) groups is 1. The number of benzene rings is 1. The maximum absolute atomic E-state index is 13.1. The highest BCUT2D eigenvalue weighted by atomic mass is 19.1. The van der Waals surface area contributed by atoms with Crippen LogP contribution in [0, 0.1) is 24.6 Å². The van der Waals surface area contributed by atoms with Crippen LogP contribution in [0.4, 0.5) is 4.39 Å². The second-order valence-electron chi connectivity index (χ2n) is 5.16. The molecule has 19 heavy (non-hydrogen) atoms. The predicted octanol–water partition coefficient (Wildman–Crippen LogP) is 2.06. The first-order valence-electron chi connectivity index (χ1n) is 6.59. The van der Waals surface area contributed by atoms with Crippen molar-refractivity contribution in [2.24, 2.45) is 11.8 Å². The molecule has 0 saturated carbocycles. The third-order valence-corrected chi connectivity index (χ3v) is 3.27. The SMILES string of the molecule is Cc1cc(CCNC(=O)C(CO)C(C)C)ccc1F. The molecule has 0 saturated heterocycles. The molecule has 0 heterocycles. The van der Waals surface area contributed by atoms with Crippen molar-refractivity contribution in [1.82, 2.24) is 5.32 Å². The molecule has 1 atom stereocenters. The Kier molecular flexibility index (Phi) is 5.96. The maximum Gasteiger partial charge on any atom is 0.225 e. The molecule has 0 spiro atoms. The third-order valence-electron chi connectivity index (χ3n) is 3.27. The largest absolute Gasteiger partial charge is 0.396 e. The topological polar surface area (TPSA) is 49.3 Å². The number of nitrogens with one attached hydrogen (secondary N) is 1. The molecule has 0 aliphatic rings. The molecule has 0 aliphatic heterocycles. The molecule has 1 aromatic carbocycles. The summed E-state index contributed by atoms with van der Waals surface area (Å²) in [6.07, 6.45) is 0.656. The van der Waals surface area contributed by atoms with Gasteiger partial charge < -0.3 is 10.4 Å². The highest BCUT2D eigenvalue weighted by Crippen LogP contribution is 2.11. The van der Waals surface area contributed by atoms with Crippen LogP contribution in [-0.4, -0.2) is 24.2 Å². The lowest BCUT2D eigenvalue weighted by Gasteiger charge is -2.17. The van der Waals surface area contributed by atoms with E-state index in [0.717, 1.165) is 5.56 Å². The summed E-state index contributed by atoms with van der Waals surface area (Å²) < 4.78 is 13.1. The van der Waals surface area contributed by atoms with Crippen LogP contribution in [0.15, 0.2) is 18.2 Å². The van der Waals surface area contributed by atoms with E-state index in [1.165, 1.54) is 6.07 Å². The van der Waals surface area contributed by atoms with Gasteiger partial charge >= 0.3 is 0 Å². The van der Waals surface area contributed by atoms with Gasteiger partial charge in [-0.05, 0) is 36.5 Å². The Morgan fingerprint density at radius 3 is 2.63 bits per heavy atom. The summed E-state index contributed by atoms with van der Waals surface area (Å²) in [6.45, 7) is 5.89. The van der Waals surface area contributed by atoms with Gasteiger partial charge in [-0.3, -0.25) is 4.79 Å². The number of aliphatic hydroxyl groups is 1. The maximum atomic E-state index is 13.1. The lowest BCUT2D eigenvalue weighted by molar-refractivity contribution is -0.127. The molecule has 0 aliphatic carbocycles. The van der Waals surface area contributed by atoms with Crippen molar-refractivity contribution in [2.75, 3.05) is 13.2 Å². The Labute approximate surface area is 113 Å². The van der Waals surface area contributed by atoms with E-state index in [-0.39, 0.29) is 30.2 Å². The average molecular weight is 267 g/mol. The van der Waals surface area contributed by atoms with E-state index in [4.69, 9.17) is 5.11 Å². The van der Waals surface area contributed by atoms with Gasteiger partial charge in [0.2, 0.25) is 5.91 Å². The molecular weight excluding hydrogens is 245 g/mol. The Morgan fingerprint density at radius 1 is 1.42 bits per heavy atom. The molecule has 1 aromatic rings. The standard InChI is InChI=1S/C15H22FNO2/c1-10(2)13(9-18)15(19)17-7-6-12-4-5-14(16)11(3)8-12/h4-5,8,10,13,18H,6-7,9H2,1-3H3,(H,17,19). The quantitative estimate of drug-likeness (QED) is 0.829. The van der Waals surface area contributed by atoms with Crippen molar-refractivity contribution in [1.29, 1.82) is 0 Å². The lowest BCUT2D eigenvalue weighted by atomic mass is 9.96.